The molecule has 0 bridgehead atoms. The highest BCUT2D eigenvalue weighted by molar-refractivity contribution is 6.30. The van der Waals surface area contributed by atoms with Gasteiger partial charge in [-0.2, -0.15) is 13.2 Å². The van der Waals surface area contributed by atoms with Crippen LogP contribution < -0.4 is 4.74 Å². The Balaban J connectivity index is 2.67. The van der Waals surface area contributed by atoms with Crippen LogP contribution in [0.5, 0.6) is 5.75 Å². The van der Waals surface area contributed by atoms with Crippen molar-refractivity contribution in [3.63, 3.8) is 0 Å². The van der Waals surface area contributed by atoms with Crippen LogP contribution in [0.15, 0.2) is 36.6 Å². The minimum absolute atomic E-state index is 0.0886. The number of rotatable bonds is 2. The lowest BCUT2D eigenvalue weighted by atomic mass is 9.98. The number of alkyl halides is 3. The van der Waals surface area contributed by atoms with Crippen molar-refractivity contribution in [1.82, 2.24) is 0 Å². The molecule has 1 aromatic rings. The van der Waals surface area contributed by atoms with Gasteiger partial charge in [-0.25, -0.2) is 4.79 Å². The number of hydrogen-bond acceptors (Lipinski definition) is 3. The first-order valence-corrected chi connectivity index (χ1v) is 5.92. The van der Waals surface area contributed by atoms with Gasteiger partial charge in [0.15, 0.2) is 5.76 Å². The van der Waals surface area contributed by atoms with E-state index >= 15 is 0 Å². The molecule has 1 aliphatic heterocycles. The Bertz CT molecular complexity index is 637. The summed E-state index contributed by atoms with van der Waals surface area (Å²) in [5, 5.41) is 8.87. The highest BCUT2D eigenvalue weighted by Crippen LogP contribution is 2.43. The molecule has 0 fully saturated rings. The van der Waals surface area contributed by atoms with Gasteiger partial charge in [0.2, 0.25) is 0 Å². The molecule has 1 aromatic carbocycles. The van der Waals surface area contributed by atoms with E-state index in [-0.39, 0.29) is 21.9 Å². The first-order chi connectivity index (χ1) is 9.74. The summed E-state index contributed by atoms with van der Waals surface area (Å²) in [5.74, 6) is -0.978. The fourth-order valence-electron chi connectivity index (χ4n) is 1.90. The largest absolute Gasteiger partial charge is 0.511 e. The van der Waals surface area contributed by atoms with E-state index < -0.39 is 24.2 Å². The van der Waals surface area contributed by atoms with Crippen LogP contribution in [-0.2, 0) is 4.74 Å². The van der Waals surface area contributed by atoms with E-state index in [1.807, 2.05) is 0 Å². The summed E-state index contributed by atoms with van der Waals surface area (Å²) >= 11 is 5.79. The number of allylic oxidation sites excluding steroid dienone is 2. The molecule has 0 saturated heterocycles. The fraction of sp³-hybridized carbons (Fsp3) is 0.154. The summed E-state index contributed by atoms with van der Waals surface area (Å²) in [5.41, 5.74) is 0.0396. The molecule has 21 heavy (non-hydrogen) atoms. The van der Waals surface area contributed by atoms with Crippen LogP contribution in [0.2, 0.25) is 5.02 Å². The molecule has 0 aromatic heterocycles. The molecule has 1 unspecified atom stereocenters. The normalized spacial score (nSPS) is 17.8. The van der Waals surface area contributed by atoms with Crippen molar-refractivity contribution in [3.8, 4) is 5.75 Å². The summed E-state index contributed by atoms with van der Waals surface area (Å²) in [6.45, 7) is 3.39. The van der Waals surface area contributed by atoms with E-state index in [2.05, 4.69) is 11.3 Å². The summed E-state index contributed by atoms with van der Waals surface area (Å²) in [6, 6.07) is 3.96. The number of benzene rings is 1. The van der Waals surface area contributed by atoms with E-state index in [9.17, 15) is 18.0 Å². The van der Waals surface area contributed by atoms with Gasteiger partial charge >= 0.3 is 12.3 Å². The van der Waals surface area contributed by atoms with Crippen LogP contribution in [0, 0.1) is 0 Å². The lowest BCUT2D eigenvalue weighted by molar-refractivity contribution is -0.192. The van der Waals surface area contributed by atoms with Crippen molar-refractivity contribution in [2.75, 3.05) is 0 Å². The van der Waals surface area contributed by atoms with Gasteiger partial charge in [0, 0.05) is 16.2 Å². The molecule has 112 valence electrons. The highest BCUT2D eigenvalue weighted by atomic mass is 35.5. The summed E-state index contributed by atoms with van der Waals surface area (Å²) in [6.07, 6.45) is -8.20. The van der Waals surface area contributed by atoms with Crippen molar-refractivity contribution in [2.45, 2.75) is 12.3 Å². The van der Waals surface area contributed by atoms with Crippen LogP contribution >= 0.6 is 11.6 Å². The van der Waals surface area contributed by atoms with Gasteiger partial charge in [0.25, 0.3) is 6.10 Å². The minimum atomic E-state index is -4.85. The second-order valence-electron chi connectivity index (χ2n) is 4.03. The van der Waals surface area contributed by atoms with Crippen molar-refractivity contribution in [2.24, 2.45) is 0 Å². The first-order valence-electron chi connectivity index (χ1n) is 5.54. The number of hydrogen-bond donors (Lipinski definition) is 1. The molecular weight excluding hydrogens is 313 g/mol. The second kappa shape index (κ2) is 5.33. The predicted molar refractivity (Wildman–Crippen MR) is 68.1 cm³/mol. The Morgan fingerprint density at radius 1 is 1.48 bits per heavy atom. The van der Waals surface area contributed by atoms with Gasteiger partial charge in [-0.15, -0.1) is 0 Å². The number of fused-ring (bicyclic) bond motifs is 1. The zero-order valence-electron chi connectivity index (χ0n) is 10.3. The Kier molecular flexibility index (Phi) is 3.87. The predicted octanol–water partition coefficient (Wildman–Crippen LogP) is 4.26. The van der Waals surface area contributed by atoms with Crippen molar-refractivity contribution in [1.29, 1.82) is 0 Å². The zero-order chi connectivity index (χ0) is 15.8. The highest BCUT2D eigenvalue weighted by Gasteiger charge is 2.49. The SMILES string of the molecule is C=CC1=C(OC(=O)O)C(C(F)(F)F)Oc2ccc(Cl)cc21. The summed E-state index contributed by atoms with van der Waals surface area (Å²) < 4.78 is 48.2. The van der Waals surface area contributed by atoms with E-state index in [1.54, 1.807) is 0 Å². The second-order valence-corrected chi connectivity index (χ2v) is 4.47. The molecule has 0 spiro atoms. The first kappa shape index (κ1) is 15.2. The third-order valence-corrected chi connectivity index (χ3v) is 2.91. The monoisotopic (exact) mass is 320 g/mol. The maximum Gasteiger partial charge on any atom is 0.511 e. The summed E-state index contributed by atoms with van der Waals surface area (Å²) in [7, 11) is 0. The van der Waals surface area contributed by atoms with E-state index in [0.717, 1.165) is 6.08 Å². The van der Waals surface area contributed by atoms with Gasteiger partial charge in [-0.1, -0.05) is 24.3 Å². The molecule has 1 heterocycles. The Hall–Kier alpha value is -2.15. The van der Waals surface area contributed by atoms with Crippen molar-refractivity contribution >= 4 is 23.3 Å². The fourth-order valence-corrected chi connectivity index (χ4v) is 2.07. The molecule has 1 aliphatic rings. The Labute approximate surface area is 122 Å². The van der Waals surface area contributed by atoms with Gasteiger partial charge in [-0.05, 0) is 18.2 Å². The van der Waals surface area contributed by atoms with E-state index in [0.29, 0.717) is 0 Å². The van der Waals surface area contributed by atoms with Crippen LogP contribution in [0.1, 0.15) is 5.56 Å². The number of halogens is 4. The smallest absolute Gasteiger partial charge is 0.472 e. The van der Waals surface area contributed by atoms with Gasteiger partial charge < -0.3 is 14.6 Å². The molecule has 0 radical (unpaired) electrons. The molecule has 4 nitrogen and oxygen atoms in total. The van der Waals surface area contributed by atoms with E-state index in [1.165, 1.54) is 18.2 Å². The van der Waals surface area contributed by atoms with Crippen LogP contribution in [0.4, 0.5) is 18.0 Å². The lowest BCUT2D eigenvalue weighted by Gasteiger charge is -2.30. The topological polar surface area (TPSA) is 55.8 Å². The van der Waals surface area contributed by atoms with Gasteiger partial charge in [0.1, 0.15) is 5.75 Å². The molecular formula is C13H8ClF3O4. The standard InChI is InChI=1S/C13H8ClF3O4/c1-2-7-8-5-6(14)3-4-9(8)20-11(13(15,16)17)10(7)21-12(18)19/h2-5,11H,1H2,(H,18,19). The minimum Gasteiger partial charge on any atom is -0.472 e. The average Bonchev–Trinajstić information content (AvgIpc) is 2.36. The average molecular weight is 321 g/mol. The molecule has 8 heteroatoms. The van der Waals surface area contributed by atoms with Crippen LogP contribution in [0.25, 0.3) is 5.57 Å². The molecule has 0 saturated carbocycles. The number of ether oxygens (including phenoxy) is 2. The molecule has 0 aliphatic carbocycles. The maximum absolute atomic E-state index is 13.0. The number of carboxylic acid groups (broad SMARTS) is 1. The molecule has 0 amide bonds. The molecule has 1 N–H and O–H groups in total. The molecule has 2 rings (SSSR count). The lowest BCUT2D eigenvalue weighted by Crippen LogP contribution is -2.40. The summed E-state index contributed by atoms with van der Waals surface area (Å²) in [4.78, 5) is 10.6. The Morgan fingerprint density at radius 2 is 2.14 bits per heavy atom. The van der Waals surface area contributed by atoms with E-state index in [4.69, 9.17) is 21.4 Å². The third-order valence-electron chi connectivity index (χ3n) is 2.68. The maximum atomic E-state index is 13.0. The van der Waals surface area contributed by atoms with Gasteiger partial charge in [0.05, 0.1) is 0 Å². The van der Waals surface area contributed by atoms with Crippen LogP contribution in [-0.4, -0.2) is 23.5 Å². The quantitative estimate of drug-likeness (QED) is 0.827. The zero-order valence-corrected chi connectivity index (χ0v) is 11.0. The van der Waals surface area contributed by atoms with Crippen molar-refractivity contribution < 1.29 is 32.5 Å². The van der Waals surface area contributed by atoms with Crippen molar-refractivity contribution in [3.05, 3.63) is 47.2 Å². The molecule has 1 atom stereocenters. The van der Waals surface area contributed by atoms with Gasteiger partial charge in [-0.3, -0.25) is 0 Å². The van der Waals surface area contributed by atoms with Crippen LogP contribution in [0.3, 0.4) is 0 Å². The number of carbonyl (C=O) groups is 1. The third kappa shape index (κ3) is 2.97. The Morgan fingerprint density at radius 3 is 2.67 bits per heavy atom.